The van der Waals surface area contributed by atoms with E-state index in [1.165, 1.54) is 0 Å². The van der Waals surface area contributed by atoms with E-state index in [0.717, 1.165) is 44.5 Å². The number of para-hydroxylation sites is 1. The summed E-state index contributed by atoms with van der Waals surface area (Å²) in [4.78, 5) is 40.7. The summed E-state index contributed by atoms with van der Waals surface area (Å²) < 4.78 is 16.9. The fourth-order valence-corrected chi connectivity index (χ4v) is 6.33. The number of rotatable bonds is 7. The van der Waals surface area contributed by atoms with Gasteiger partial charge in [0.25, 0.3) is 0 Å². The highest BCUT2D eigenvalue weighted by Crippen LogP contribution is 2.45. The van der Waals surface area contributed by atoms with Crippen LogP contribution in [0.3, 0.4) is 0 Å². The zero-order valence-corrected chi connectivity index (χ0v) is 24.3. The fraction of sp³-hybridized carbons (Fsp3) is 0.132. The zero-order valence-electron chi connectivity index (χ0n) is 24.3. The molecule has 2 aliphatic rings. The van der Waals surface area contributed by atoms with Gasteiger partial charge >= 0.3 is 18.2 Å². The molecule has 7 rings (SSSR count). The van der Waals surface area contributed by atoms with E-state index in [2.05, 4.69) is 0 Å². The van der Waals surface area contributed by atoms with Gasteiger partial charge in [-0.15, -0.1) is 0 Å². The Morgan fingerprint density at radius 3 is 1.24 bits per heavy atom. The standard InChI is InChI=1S/C38H29NO6/c40-36(45-25-12-2-1-3-13-25)22-39(37(41)43-23-34-30-18-8-4-14-26(30)27-15-5-9-19-31(27)34)38(42)44-24-35-32-20-10-6-16-28(32)29-17-7-11-21-33(29)35/h1-21,34-35H,22-24H2. The highest BCUT2D eigenvalue weighted by Gasteiger charge is 2.34. The number of hydrogen-bond acceptors (Lipinski definition) is 6. The number of carbonyl (C=O) groups excluding carboxylic acids is 3. The predicted octanol–water partition coefficient (Wildman–Crippen LogP) is 7.79. The molecule has 7 heteroatoms. The summed E-state index contributed by atoms with van der Waals surface area (Å²) in [6, 6.07) is 40.3. The second kappa shape index (κ2) is 12.1. The summed E-state index contributed by atoms with van der Waals surface area (Å²) in [6.45, 7) is -0.719. The van der Waals surface area contributed by atoms with Gasteiger partial charge in [0.05, 0.1) is 0 Å². The summed E-state index contributed by atoms with van der Waals surface area (Å²) in [6.07, 6.45) is -1.97. The van der Waals surface area contributed by atoms with Gasteiger partial charge in [-0.25, -0.2) is 19.3 Å². The Labute approximate surface area is 260 Å². The SMILES string of the molecule is O=C(CN(C(=O)OCC1c2ccccc2-c2ccccc21)C(=O)OCC1c2ccccc2-c2ccccc21)Oc1ccccc1. The summed E-state index contributed by atoms with van der Waals surface area (Å²) in [5, 5.41) is 0. The Balaban J connectivity index is 1.10. The van der Waals surface area contributed by atoms with Crippen LogP contribution in [0, 0.1) is 0 Å². The molecule has 2 amide bonds. The maximum Gasteiger partial charge on any atom is 0.419 e. The van der Waals surface area contributed by atoms with Crippen molar-refractivity contribution in [2.24, 2.45) is 0 Å². The number of ether oxygens (including phenoxy) is 3. The molecular formula is C38H29NO6. The van der Waals surface area contributed by atoms with E-state index in [9.17, 15) is 14.4 Å². The maximum atomic E-state index is 13.5. The lowest BCUT2D eigenvalue weighted by Gasteiger charge is -2.22. The summed E-state index contributed by atoms with van der Waals surface area (Å²) in [5.41, 5.74) is 8.43. The third-order valence-electron chi connectivity index (χ3n) is 8.37. The molecular weight excluding hydrogens is 566 g/mol. The minimum atomic E-state index is -0.987. The minimum absolute atomic E-state index is 0.0201. The van der Waals surface area contributed by atoms with Crippen LogP contribution >= 0.6 is 0 Å². The molecule has 0 saturated carbocycles. The van der Waals surface area contributed by atoms with Crippen LogP contribution in [0.1, 0.15) is 34.1 Å². The number of carbonyl (C=O) groups is 3. The van der Waals surface area contributed by atoms with E-state index in [4.69, 9.17) is 14.2 Å². The van der Waals surface area contributed by atoms with Gasteiger partial charge in [-0.05, 0) is 56.6 Å². The molecule has 0 radical (unpaired) electrons. The van der Waals surface area contributed by atoms with Crippen LogP contribution in [0.15, 0.2) is 127 Å². The number of benzene rings is 5. The van der Waals surface area contributed by atoms with E-state index >= 15 is 0 Å². The van der Waals surface area contributed by atoms with Gasteiger partial charge in [0.2, 0.25) is 0 Å². The van der Waals surface area contributed by atoms with Gasteiger partial charge in [-0.3, -0.25) is 0 Å². The van der Waals surface area contributed by atoms with Crippen molar-refractivity contribution in [1.29, 1.82) is 0 Å². The monoisotopic (exact) mass is 595 g/mol. The Kier molecular flexibility index (Phi) is 7.57. The Bertz CT molecular complexity index is 1700. The van der Waals surface area contributed by atoms with Crippen molar-refractivity contribution >= 4 is 18.2 Å². The molecule has 0 spiro atoms. The van der Waals surface area contributed by atoms with E-state index in [1.807, 2.05) is 97.1 Å². The Hall–Kier alpha value is -5.69. The van der Waals surface area contributed by atoms with Crippen molar-refractivity contribution in [2.75, 3.05) is 19.8 Å². The van der Waals surface area contributed by atoms with Gasteiger partial charge in [-0.2, -0.15) is 0 Å². The van der Waals surface area contributed by atoms with Gasteiger partial charge in [-0.1, -0.05) is 115 Å². The molecule has 7 nitrogen and oxygen atoms in total. The Morgan fingerprint density at radius 2 is 0.844 bits per heavy atom. The maximum absolute atomic E-state index is 13.5. The second-order valence-corrected chi connectivity index (χ2v) is 11.0. The topological polar surface area (TPSA) is 82.1 Å². The van der Waals surface area contributed by atoms with Crippen LogP contribution in [0.5, 0.6) is 5.75 Å². The molecule has 5 aromatic carbocycles. The molecule has 0 aromatic heterocycles. The van der Waals surface area contributed by atoms with E-state index in [-0.39, 0.29) is 25.0 Å². The third kappa shape index (κ3) is 5.45. The van der Waals surface area contributed by atoms with Crippen LogP contribution in [0.2, 0.25) is 0 Å². The first-order valence-corrected chi connectivity index (χ1v) is 14.8. The number of fused-ring (bicyclic) bond motifs is 6. The third-order valence-corrected chi connectivity index (χ3v) is 8.37. The molecule has 2 aliphatic carbocycles. The number of esters is 1. The lowest BCUT2D eigenvalue weighted by atomic mass is 9.98. The van der Waals surface area contributed by atoms with Gasteiger partial charge in [0.15, 0.2) is 0 Å². The lowest BCUT2D eigenvalue weighted by Crippen LogP contribution is -2.43. The summed E-state index contributed by atoms with van der Waals surface area (Å²) in [5.74, 6) is -0.949. The molecule has 0 N–H and O–H groups in total. The van der Waals surface area contributed by atoms with E-state index in [1.54, 1.807) is 30.3 Å². The summed E-state index contributed by atoms with van der Waals surface area (Å²) >= 11 is 0. The predicted molar refractivity (Wildman–Crippen MR) is 169 cm³/mol. The molecule has 0 unspecified atom stereocenters. The van der Waals surface area contributed by atoms with Crippen molar-refractivity contribution in [1.82, 2.24) is 4.90 Å². The van der Waals surface area contributed by atoms with Gasteiger partial charge < -0.3 is 14.2 Å². The van der Waals surface area contributed by atoms with Crippen LogP contribution in [-0.2, 0) is 14.3 Å². The lowest BCUT2D eigenvalue weighted by molar-refractivity contribution is -0.135. The number of hydrogen-bond donors (Lipinski definition) is 0. The molecule has 45 heavy (non-hydrogen) atoms. The van der Waals surface area contributed by atoms with Crippen LogP contribution < -0.4 is 4.74 Å². The molecule has 0 heterocycles. The fourth-order valence-electron chi connectivity index (χ4n) is 6.33. The minimum Gasteiger partial charge on any atom is -0.448 e. The van der Waals surface area contributed by atoms with E-state index in [0.29, 0.717) is 10.6 Å². The largest absolute Gasteiger partial charge is 0.448 e. The second-order valence-electron chi connectivity index (χ2n) is 11.0. The number of nitrogens with zero attached hydrogens (tertiary/aromatic N) is 1. The van der Waals surface area contributed by atoms with Crippen LogP contribution in [0.25, 0.3) is 22.3 Å². The normalized spacial score (nSPS) is 12.8. The smallest absolute Gasteiger partial charge is 0.419 e. The number of amides is 2. The first-order chi connectivity index (χ1) is 22.1. The average molecular weight is 596 g/mol. The summed E-state index contributed by atoms with van der Waals surface area (Å²) in [7, 11) is 0. The first kappa shape index (κ1) is 28.1. The molecule has 0 bridgehead atoms. The van der Waals surface area contributed by atoms with Crippen molar-refractivity contribution in [2.45, 2.75) is 11.8 Å². The number of imide groups is 1. The quantitative estimate of drug-likeness (QED) is 0.141. The van der Waals surface area contributed by atoms with Crippen LogP contribution in [0.4, 0.5) is 9.59 Å². The molecule has 0 saturated heterocycles. The molecule has 0 atom stereocenters. The molecule has 222 valence electrons. The van der Waals surface area contributed by atoms with Crippen molar-refractivity contribution in [3.05, 3.63) is 150 Å². The average Bonchev–Trinajstić information content (AvgIpc) is 3.58. The van der Waals surface area contributed by atoms with Gasteiger partial charge in [0, 0.05) is 11.8 Å². The van der Waals surface area contributed by atoms with E-state index < -0.39 is 24.7 Å². The van der Waals surface area contributed by atoms with Crippen molar-refractivity contribution in [3.8, 4) is 28.0 Å². The molecule has 0 aliphatic heterocycles. The van der Waals surface area contributed by atoms with Gasteiger partial charge in [0.1, 0.15) is 25.5 Å². The highest BCUT2D eigenvalue weighted by atomic mass is 16.6. The van der Waals surface area contributed by atoms with Crippen LogP contribution in [-0.4, -0.2) is 42.8 Å². The first-order valence-electron chi connectivity index (χ1n) is 14.8. The van der Waals surface area contributed by atoms with Crippen molar-refractivity contribution in [3.63, 3.8) is 0 Å². The van der Waals surface area contributed by atoms with Crippen molar-refractivity contribution < 1.29 is 28.6 Å². The highest BCUT2D eigenvalue weighted by molar-refractivity contribution is 5.92. The Morgan fingerprint density at radius 1 is 0.489 bits per heavy atom. The zero-order chi connectivity index (χ0) is 30.8. The molecule has 5 aromatic rings. The molecule has 0 fully saturated rings.